The van der Waals surface area contributed by atoms with Gasteiger partial charge in [0.1, 0.15) is 5.75 Å². The van der Waals surface area contributed by atoms with Crippen LogP contribution in [0.15, 0.2) is 91.0 Å². The van der Waals surface area contributed by atoms with E-state index in [-0.39, 0.29) is 11.1 Å². The highest BCUT2D eigenvalue weighted by Crippen LogP contribution is 2.24. The normalized spacial score (nSPS) is 10.4. The van der Waals surface area contributed by atoms with E-state index in [2.05, 4.69) is 10.6 Å². The molecule has 0 unspecified atom stereocenters. The average Bonchev–Trinajstić information content (AvgIpc) is 2.76. The van der Waals surface area contributed by atoms with Crippen LogP contribution < -0.4 is 15.4 Å². The van der Waals surface area contributed by atoms with Gasteiger partial charge in [0, 0.05) is 27.3 Å². The van der Waals surface area contributed by atoms with Crippen LogP contribution in [0.25, 0.3) is 10.8 Å². The summed E-state index contributed by atoms with van der Waals surface area (Å²) in [4.78, 5) is 12.7. The zero-order chi connectivity index (χ0) is 20.9. The second-order valence-electron chi connectivity index (χ2n) is 6.53. The molecule has 0 aliphatic heterocycles. The third kappa shape index (κ3) is 4.76. The Kier molecular flexibility index (Phi) is 5.93. The Morgan fingerprint density at radius 1 is 0.800 bits per heavy atom. The first-order valence-corrected chi connectivity index (χ1v) is 10.0. The number of ether oxygens (including phenoxy) is 1. The Morgan fingerprint density at radius 2 is 1.50 bits per heavy atom. The molecule has 0 aliphatic carbocycles. The number of nitrogens with one attached hydrogen (secondary N) is 2. The van der Waals surface area contributed by atoms with Gasteiger partial charge >= 0.3 is 0 Å². The average molecular weight is 433 g/mol. The van der Waals surface area contributed by atoms with Crippen LogP contribution in [-0.2, 0) is 0 Å². The van der Waals surface area contributed by atoms with Crippen molar-refractivity contribution in [1.82, 2.24) is 0 Å². The van der Waals surface area contributed by atoms with Gasteiger partial charge in [-0.15, -0.1) is 0 Å². The molecule has 4 aromatic rings. The first kappa shape index (κ1) is 19.9. The van der Waals surface area contributed by atoms with E-state index in [1.165, 1.54) is 0 Å². The quantitative estimate of drug-likeness (QED) is 0.360. The van der Waals surface area contributed by atoms with Crippen molar-refractivity contribution in [2.45, 2.75) is 0 Å². The van der Waals surface area contributed by atoms with E-state index in [4.69, 9.17) is 28.6 Å². The number of carbonyl (C=O) groups excluding carboxylic acids is 1. The van der Waals surface area contributed by atoms with Crippen molar-refractivity contribution in [3.63, 3.8) is 0 Å². The fourth-order valence-electron chi connectivity index (χ4n) is 2.99. The third-order valence-corrected chi connectivity index (χ3v) is 4.89. The molecule has 0 aromatic heterocycles. The molecule has 6 heteroatoms. The largest absolute Gasteiger partial charge is 0.432 e. The summed E-state index contributed by atoms with van der Waals surface area (Å²) in [6.07, 6.45) is 0. The maximum atomic E-state index is 12.7. The van der Waals surface area contributed by atoms with E-state index in [1.54, 1.807) is 48.5 Å². The molecular formula is C24H17ClN2O2S. The van der Waals surface area contributed by atoms with Gasteiger partial charge in [-0.1, -0.05) is 48.0 Å². The summed E-state index contributed by atoms with van der Waals surface area (Å²) in [5, 5.41) is 8.85. The molecule has 148 valence electrons. The Bertz CT molecular complexity index is 1200. The lowest BCUT2D eigenvalue weighted by molar-refractivity contribution is 0.102. The van der Waals surface area contributed by atoms with Crippen molar-refractivity contribution < 1.29 is 9.53 Å². The summed E-state index contributed by atoms with van der Waals surface area (Å²) in [5.41, 5.74) is 2.06. The number of carbonyl (C=O) groups is 1. The molecule has 0 spiro atoms. The van der Waals surface area contributed by atoms with E-state index >= 15 is 0 Å². The van der Waals surface area contributed by atoms with E-state index in [9.17, 15) is 4.79 Å². The van der Waals surface area contributed by atoms with Gasteiger partial charge in [-0.2, -0.15) is 0 Å². The van der Waals surface area contributed by atoms with E-state index < -0.39 is 0 Å². The van der Waals surface area contributed by atoms with Crippen LogP contribution in [0.3, 0.4) is 0 Å². The van der Waals surface area contributed by atoms with Gasteiger partial charge in [-0.25, -0.2) is 0 Å². The topological polar surface area (TPSA) is 50.4 Å². The van der Waals surface area contributed by atoms with E-state index in [0.717, 1.165) is 22.1 Å². The van der Waals surface area contributed by atoms with Gasteiger partial charge in [0.15, 0.2) is 0 Å². The predicted molar refractivity (Wildman–Crippen MR) is 127 cm³/mol. The molecule has 0 bridgehead atoms. The minimum absolute atomic E-state index is 0.195. The highest BCUT2D eigenvalue weighted by Gasteiger charge is 2.09. The summed E-state index contributed by atoms with van der Waals surface area (Å²) >= 11 is 11.1. The molecule has 0 saturated heterocycles. The second kappa shape index (κ2) is 8.95. The molecular weight excluding hydrogens is 416 g/mol. The number of rotatable bonds is 4. The molecule has 4 aromatic carbocycles. The zero-order valence-corrected chi connectivity index (χ0v) is 17.3. The van der Waals surface area contributed by atoms with Gasteiger partial charge in [0.05, 0.1) is 0 Å². The van der Waals surface area contributed by atoms with Crippen molar-refractivity contribution in [2.24, 2.45) is 0 Å². The zero-order valence-electron chi connectivity index (χ0n) is 15.8. The molecule has 0 atom stereocenters. The molecule has 0 aliphatic rings. The molecule has 0 radical (unpaired) electrons. The number of fused-ring (bicyclic) bond motifs is 1. The Hall–Kier alpha value is -3.41. The fraction of sp³-hybridized carbons (Fsp3) is 0. The molecule has 4 nitrogen and oxygen atoms in total. The van der Waals surface area contributed by atoms with Gasteiger partial charge in [0.25, 0.3) is 11.1 Å². The molecule has 0 fully saturated rings. The number of thiocarbonyl (C=S) groups is 1. The molecule has 2 N–H and O–H groups in total. The van der Waals surface area contributed by atoms with Gasteiger partial charge < -0.3 is 15.4 Å². The van der Waals surface area contributed by atoms with Crippen LogP contribution in [0.4, 0.5) is 11.4 Å². The number of benzene rings is 4. The summed E-state index contributed by atoms with van der Waals surface area (Å²) in [7, 11) is 0. The van der Waals surface area contributed by atoms with Crippen molar-refractivity contribution in [3.05, 3.63) is 102 Å². The van der Waals surface area contributed by atoms with Crippen LogP contribution in [0.1, 0.15) is 10.4 Å². The van der Waals surface area contributed by atoms with Crippen LogP contribution >= 0.6 is 23.8 Å². The van der Waals surface area contributed by atoms with Gasteiger partial charge in [0.2, 0.25) is 0 Å². The summed E-state index contributed by atoms with van der Waals surface area (Å²) in [6.45, 7) is 0. The molecule has 0 heterocycles. The molecule has 1 amide bonds. The van der Waals surface area contributed by atoms with Crippen molar-refractivity contribution in [2.75, 3.05) is 10.6 Å². The number of halogens is 1. The van der Waals surface area contributed by atoms with Crippen LogP contribution in [0.2, 0.25) is 5.02 Å². The van der Waals surface area contributed by atoms with E-state index in [0.29, 0.717) is 16.3 Å². The second-order valence-corrected chi connectivity index (χ2v) is 7.33. The molecule has 0 saturated carbocycles. The fourth-order valence-corrected chi connectivity index (χ4v) is 3.33. The monoisotopic (exact) mass is 432 g/mol. The van der Waals surface area contributed by atoms with Gasteiger partial charge in [-0.3, -0.25) is 4.79 Å². The number of amides is 1. The maximum absolute atomic E-state index is 12.7. The van der Waals surface area contributed by atoms with Crippen molar-refractivity contribution >= 4 is 57.0 Å². The minimum Gasteiger partial charge on any atom is -0.432 e. The standard InChI is InChI=1S/C24H17ClN2O2S/c25-18-10-12-19(13-11-18)26-24(30)29-20-14-8-17(9-15-20)23(28)27-22-7-3-5-16-4-1-2-6-21(16)22/h1-15H,(H,26,30)(H,27,28). The summed E-state index contributed by atoms with van der Waals surface area (Å²) < 4.78 is 5.61. The molecule has 30 heavy (non-hydrogen) atoms. The van der Waals surface area contributed by atoms with Crippen molar-refractivity contribution in [3.8, 4) is 5.75 Å². The summed E-state index contributed by atoms with van der Waals surface area (Å²) in [6, 6.07) is 27.7. The van der Waals surface area contributed by atoms with Crippen molar-refractivity contribution in [1.29, 1.82) is 0 Å². The van der Waals surface area contributed by atoms with Gasteiger partial charge in [-0.05, 0) is 72.2 Å². The highest BCUT2D eigenvalue weighted by molar-refractivity contribution is 7.80. The number of hydrogen-bond donors (Lipinski definition) is 2. The number of anilines is 2. The maximum Gasteiger partial charge on any atom is 0.266 e. The lowest BCUT2D eigenvalue weighted by Gasteiger charge is -2.11. The van der Waals surface area contributed by atoms with Crippen LogP contribution in [-0.4, -0.2) is 11.1 Å². The highest BCUT2D eigenvalue weighted by atomic mass is 35.5. The van der Waals surface area contributed by atoms with Crippen LogP contribution in [0, 0.1) is 0 Å². The lowest BCUT2D eigenvalue weighted by Crippen LogP contribution is -2.16. The Balaban J connectivity index is 1.40. The Morgan fingerprint density at radius 3 is 2.27 bits per heavy atom. The van der Waals surface area contributed by atoms with E-state index in [1.807, 2.05) is 42.5 Å². The third-order valence-electron chi connectivity index (χ3n) is 4.46. The Labute approximate surface area is 184 Å². The predicted octanol–water partition coefficient (Wildman–Crippen LogP) is 6.52. The SMILES string of the molecule is O=C(Nc1cccc2ccccc12)c1ccc(OC(=S)Nc2ccc(Cl)cc2)cc1. The first-order chi connectivity index (χ1) is 14.6. The summed E-state index contributed by atoms with van der Waals surface area (Å²) in [5.74, 6) is 0.336. The van der Waals surface area contributed by atoms with Crippen LogP contribution in [0.5, 0.6) is 5.75 Å². The molecule has 4 rings (SSSR count). The number of hydrogen-bond acceptors (Lipinski definition) is 3. The minimum atomic E-state index is -0.195. The first-order valence-electron chi connectivity index (χ1n) is 9.22. The smallest absolute Gasteiger partial charge is 0.266 e. The lowest BCUT2D eigenvalue weighted by atomic mass is 10.1.